The Hall–Kier alpha value is -1.82. The molecule has 0 saturated carbocycles. The van der Waals surface area contributed by atoms with Crippen molar-refractivity contribution in [1.29, 1.82) is 0 Å². The Morgan fingerprint density at radius 1 is 1.45 bits per heavy atom. The molecule has 0 aromatic carbocycles. The number of anilines is 1. The molecule has 0 N–H and O–H groups in total. The number of aromatic nitrogens is 1. The number of halogens is 1. The molecule has 0 radical (unpaired) electrons. The van der Waals surface area contributed by atoms with Gasteiger partial charge in [0, 0.05) is 10.7 Å². The fraction of sp³-hybridized carbons (Fsp3) is 0.286. The summed E-state index contributed by atoms with van der Waals surface area (Å²) in [5, 5.41) is 0. The van der Waals surface area contributed by atoms with Crippen molar-refractivity contribution in [3.63, 3.8) is 0 Å². The van der Waals surface area contributed by atoms with Gasteiger partial charge in [-0.2, -0.15) is 0 Å². The van der Waals surface area contributed by atoms with Gasteiger partial charge in [-0.15, -0.1) is 0 Å². The van der Waals surface area contributed by atoms with Gasteiger partial charge in [-0.05, 0) is 48.0 Å². The van der Waals surface area contributed by atoms with Crippen molar-refractivity contribution in [1.82, 2.24) is 4.98 Å². The highest BCUT2D eigenvalue weighted by molar-refractivity contribution is 9.10. The summed E-state index contributed by atoms with van der Waals surface area (Å²) < 4.78 is 11.9. The van der Waals surface area contributed by atoms with Crippen LogP contribution in [-0.2, 0) is 11.3 Å². The van der Waals surface area contributed by atoms with Crippen LogP contribution in [0.25, 0.3) is 0 Å². The van der Waals surface area contributed by atoms with Gasteiger partial charge in [0.05, 0.1) is 12.8 Å². The van der Waals surface area contributed by atoms with Crippen LogP contribution in [0.3, 0.4) is 0 Å². The van der Waals surface area contributed by atoms with E-state index in [0.717, 1.165) is 4.47 Å². The Balaban J connectivity index is 2.05. The Bertz CT molecular complexity index is 652. The van der Waals surface area contributed by atoms with Crippen LogP contribution in [0.15, 0.2) is 39.5 Å². The molecule has 0 bridgehead atoms. The summed E-state index contributed by atoms with van der Waals surface area (Å²) in [6.45, 7) is 3.82. The van der Waals surface area contributed by atoms with Crippen molar-refractivity contribution in [3.05, 3.63) is 40.9 Å². The van der Waals surface area contributed by atoms with Crippen molar-refractivity contribution in [2.45, 2.75) is 26.0 Å². The third-order valence-corrected chi connectivity index (χ3v) is 3.51. The Morgan fingerprint density at radius 3 is 2.95 bits per heavy atom. The minimum Gasteiger partial charge on any atom is -0.474 e. The first kappa shape index (κ1) is 13.2. The summed E-state index contributed by atoms with van der Waals surface area (Å²) in [7, 11) is 0. The highest BCUT2D eigenvalue weighted by Gasteiger charge is 2.42. The van der Waals surface area contributed by atoms with Crippen molar-refractivity contribution in [2.75, 3.05) is 4.90 Å². The van der Waals surface area contributed by atoms with E-state index in [9.17, 15) is 4.79 Å². The molecule has 104 valence electrons. The van der Waals surface area contributed by atoms with E-state index in [1.807, 2.05) is 12.1 Å². The first-order valence-corrected chi connectivity index (χ1v) is 6.95. The van der Waals surface area contributed by atoms with Crippen LogP contribution in [0.4, 0.5) is 5.82 Å². The highest BCUT2D eigenvalue weighted by atomic mass is 79.9. The number of nitrogens with zero attached hydrogens (tertiary/aromatic N) is 2. The summed E-state index contributed by atoms with van der Waals surface area (Å²) in [4.78, 5) is 18.4. The van der Waals surface area contributed by atoms with Gasteiger partial charge in [-0.1, -0.05) is 0 Å². The van der Waals surface area contributed by atoms with Crippen LogP contribution in [0.5, 0.6) is 5.75 Å². The van der Waals surface area contributed by atoms with Gasteiger partial charge >= 0.3 is 0 Å². The topological polar surface area (TPSA) is 55.6 Å². The number of hydrogen-bond donors (Lipinski definition) is 0. The van der Waals surface area contributed by atoms with E-state index < -0.39 is 5.60 Å². The minimum absolute atomic E-state index is 0.142. The first-order valence-electron chi connectivity index (χ1n) is 6.16. The Kier molecular flexibility index (Phi) is 3.05. The van der Waals surface area contributed by atoms with Gasteiger partial charge in [0.1, 0.15) is 5.76 Å². The predicted octanol–water partition coefficient (Wildman–Crippen LogP) is 3.14. The molecule has 3 rings (SSSR count). The summed E-state index contributed by atoms with van der Waals surface area (Å²) >= 11 is 3.36. The summed E-state index contributed by atoms with van der Waals surface area (Å²) in [6, 6.07) is 5.43. The molecule has 0 atom stereocenters. The van der Waals surface area contributed by atoms with Gasteiger partial charge in [0.2, 0.25) is 0 Å². The van der Waals surface area contributed by atoms with Gasteiger partial charge in [0.15, 0.2) is 17.2 Å². The Labute approximate surface area is 124 Å². The predicted molar refractivity (Wildman–Crippen MR) is 76.5 cm³/mol. The van der Waals surface area contributed by atoms with Gasteiger partial charge < -0.3 is 9.15 Å². The largest absolute Gasteiger partial charge is 0.474 e. The molecule has 1 aliphatic heterocycles. The molecular formula is C14H13BrN2O3. The van der Waals surface area contributed by atoms with E-state index in [4.69, 9.17) is 9.15 Å². The smallest absolute Gasteiger partial charge is 0.272 e. The molecule has 0 unspecified atom stereocenters. The number of fused-ring (bicyclic) bond motifs is 1. The lowest BCUT2D eigenvalue weighted by Gasteiger charge is -2.37. The zero-order chi connectivity index (χ0) is 14.3. The van der Waals surface area contributed by atoms with Gasteiger partial charge in [-0.3, -0.25) is 9.69 Å². The van der Waals surface area contributed by atoms with Crippen molar-refractivity contribution in [3.8, 4) is 5.75 Å². The zero-order valence-corrected chi connectivity index (χ0v) is 12.7. The second kappa shape index (κ2) is 4.63. The monoisotopic (exact) mass is 336 g/mol. The Morgan fingerprint density at radius 2 is 2.25 bits per heavy atom. The van der Waals surface area contributed by atoms with E-state index in [1.54, 1.807) is 37.3 Å². The second-order valence-electron chi connectivity index (χ2n) is 5.06. The second-order valence-corrected chi connectivity index (χ2v) is 5.97. The number of hydrogen-bond acceptors (Lipinski definition) is 4. The molecule has 20 heavy (non-hydrogen) atoms. The fourth-order valence-electron chi connectivity index (χ4n) is 2.14. The molecule has 0 spiro atoms. The van der Waals surface area contributed by atoms with Crippen LogP contribution in [0, 0.1) is 0 Å². The molecule has 6 heteroatoms. The number of amides is 1. The third kappa shape index (κ3) is 2.20. The lowest BCUT2D eigenvalue weighted by molar-refractivity contribution is -0.133. The molecule has 3 heterocycles. The number of carbonyl (C=O) groups excluding carboxylic acids is 1. The van der Waals surface area contributed by atoms with Gasteiger partial charge in [0.25, 0.3) is 5.91 Å². The highest BCUT2D eigenvalue weighted by Crippen LogP contribution is 2.38. The van der Waals surface area contributed by atoms with Crippen molar-refractivity contribution in [2.24, 2.45) is 0 Å². The van der Waals surface area contributed by atoms with E-state index in [2.05, 4.69) is 20.9 Å². The average Bonchev–Trinajstić information content (AvgIpc) is 2.87. The minimum atomic E-state index is -0.929. The van der Waals surface area contributed by atoms with Crippen LogP contribution in [0.1, 0.15) is 19.6 Å². The lowest BCUT2D eigenvalue weighted by Crippen LogP contribution is -2.52. The molecule has 0 saturated heterocycles. The van der Waals surface area contributed by atoms with E-state index in [0.29, 0.717) is 23.9 Å². The van der Waals surface area contributed by atoms with Crippen LogP contribution >= 0.6 is 15.9 Å². The maximum Gasteiger partial charge on any atom is 0.272 e. The normalized spacial score (nSPS) is 16.8. The van der Waals surface area contributed by atoms with Gasteiger partial charge in [-0.25, -0.2) is 4.98 Å². The maximum atomic E-state index is 12.5. The molecule has 0 aliphatic carbocycles. The first-order chi connectivity index (χ1) is 9.47. The molecule has 1 amide bonds. The molecule has 2 aromatic heterocycles. The lowest BCUT2D eigenvalue weighted by atomic mass is 10.1. The summed E-state index contributed by atoms with van der Waals surface area (Å²) in [6.07, 6.45) is 3.23. The molecule has 1 aliphatic rings. The maximum absolute atomic E-state index is 12.5. The zero-order valence-electron chi connectivity index (χ0n) is 11.1. The average molecular weight is 337 g/mol. The van der Waals surface area contributed by atoms with Crippen LogP contribution in [-0.4, -0.2) is 16.5 Å². The van der Waals surface area contributed by atoms with E-state index >= 15 is 0 Å². The number of furan rings is 1. The van der Waals surface area contributed by atoms with Crippen LogP contribution < -0.4 is 9.64 Å². The standard InChI is InChI=1S/C14H13BrN2O3/c1-14(2)13(18)17(8-10-4-3-5-19-10)12-11(20-14)6-9(15)7-16-12/h3-7H,8H2,1-2H3. The number of pyridine rings is 1. The van der Waals surface area contributed by atoms with Crippen LogP contribution in [0.2, 0.25) is 0 Å². The molecule has 2 aromatic rings. The third-order valence-electron chi connectivity index (χ3n) is 3.07. The number of carbonyl (C=O) groups is 1. The molecule has 0 fully saturated rings. The van der Waals surface area contributed by atoms with E-state index in [-0.39, 0.29) is 5.91 Å². The molecule has 5 nitrogen and oxygen atoms in total. The SMILES string of the molecule is CC1(C)Oc2cc(Br)cnc2N(Cc2ccco2)C1=O. The number of rotatable bonds is 2. The fourth-order valence-corrected chi connectivity index (χ4v) is 2.45. The van der Waals surface area contributed by atoms with Crippen molar-refractivity contribution < 1.29 is 13.9 Å². The van der Waals surface area contributed by atoms with Crippen molar-refractivity contribution >= 4 is 27.7 Å². The summed E-state index contributed by atoms with van der Waals surface area (Å²) in [5.41, 5.74) is -0.929. The quantitative estimate of drug-likeness (QED) is 0.845. The van der Waals surface area contributed by atoms with E-state index in [1.165, 1.54) is 0 Å². The molecular weight excluding hydrogens is 324 g/mol. The summed E-state index contributed by atoms with van der Waals surface area (Å²) in [5.74, 6) is 1.65. The number of ether oxygens (including phenoxy) is 1.